The van der Waals surface area contributed by atoms with E-state index in [-0.39, 0.29) is 25.4 Å². The number of aliphatic hydroxyl groups excluding tert-OH is 1. The number of aromatic nitrogens is 2. The van der Waals surface area contributed by atoms with Crippen LogP contribution in [0.5, 0.6) is 23.0 Å². The first-order valence-corrected chi connectivity index (χ1v) is 14.7. The number of hydrogen-bond donors (Lipinski definition) is 3. The van der Waals surface area contributed by atoms with Gasteiger partial charge in [0, 0.05) is 55.3 Å². The highest BCUT2D eigenvalue weighted by Crippen LogP contribution is 2.29. The molecule has 5 aromatic rings. The van der Waals surface area contributed by atoms with Crippen molar-refractivity contribution in [3.8, 4) is 23.0 Å². The molecule has 4 aromatic carbocycles. The second-order valence-electron chi connectivity index (χ2n) is 10.2. The zero-order valence-electron chi connectivity index (χ0n) is 24.7. The number of halogens is 2. The van der Waals surface area contributed by atoms with Crippen LogP contribution in [0.4, 0.5) is 5.69 Å². The molecule has 0 saturated heterocycles. The maximum atomic E-state index is 11.2. The summed E-state index contributed by atoms with van der Waals surface area (Å²) in [6.07, 6.45) is 0.927. The molecule has 236 valence electrons. The summed E-state index contributed by atoms with van der Waals surface area (Å²) in [6, 6.07) is 26.2. The first-order chi connectivity index (χ1) is 21.4. The van der Waals surface area contributed by atoms with Gasteiger partial charge in [-0.3, -0.25) is 4.79 Å². The van der Waals surface area contributed by atoms with E-state index in [1.807, 2.05) is 78.3 Å². The quantitative estimate of drug-likeness (QED) is 0.110. The van der Waals surface area contributed by atoms with Crippen LogP contribution in [0.3, 0.4) is 0 Å². The summed E-state index contributed by atoms with van der Waals surface area (Å²) >= 11 is 5.99. The largest absolute Gasteiger partial charge is 0.493 e. The third-order valence-electron chi connectivity index (χ3n) is 7.00. The van der Waals surface area contributed by atoms with E-state index in [0.717, 1.165) is 33.7 Å². The number of imidazole rings is 1. The SMILES string of the molecule is Cl.Cn1c(CCOc2ccc(CCC(=O)O)c(OCc3ccc(Cl)cc3)c2)nc2ccc(Oc3cccc(NCCO)c3)cc21. The van der Waals surface area contributed by atoms with E-state index in [2.05, 4.69) is 5.32 Å². The number of carboxylic acid groups (broad SMARTS) is 1. The van der Waals surface area contributed by atoms with Gasteiger partial charge in [-0.2, -0.15) is 0 Å². The molecule has 0 atom stereocenters. The van der Waals surface area contributed by atoms with Gasteiger partial charge in [0.1, 0.15) is 35.4 Å². The summed E-state index contributed by atoms with van der Waals surface area (Å²) in [4.78, 5) is 16.0. The molecule has 9 nitrogen and oxygen atoms in total. The molecule has 0 saturated carbocycles. The summed E-state index contributed by atoms with van der Waals surface area (Å²) in [5.74, 6) is 2.59. The summed E-state index contributed by atoms with van der Waals surface area (Å²) in [5.41, 5.74) is 4.41. The lowest BCUT2D eigenvalue weighted by molar-refractivity contribution is -0.136. The van der Waals surface area contributed by atoms with Crippen molar-refractivity contribution in [3.05, 3.63) is 107 Å². The standard InChI is InChI=1S/C34H34ClN3O6.ClH/c1-38-31-20-29(44-28-4-2-3-26(19-28)36-16-17-39)12-13-30(31)37-33(38)15-18-42-27-11-7-24(8-14-34(40)41)32(21-27)43-22-23-5-9-25(35)10-6-23;/h2-7,9-13,19-21,36,39H,8,14-18,22H2,1H3,(H,40,41);1H. The second-order valence-corrected chi connectivity index (χ2v) is 10.6. The third kappa shape index (κ3) is 9.28. The fourth-order valence-corrected chi connectivity index (χ4v) is 4.85. The molecule has 0 spiro atoms. The number of aryl methyl sites for hydroxylation is 2. The Labute approximate surface area is 272 Å². The van der Waals surface area contributed by atoms with E-state index >= 15 is 0 Å². The Morgan fingerprint density at radius 2 is 1.71 bits per heavy atom. The van der Waals surface area contributed by atoms with Crippen LogP contribution in [0.25, 0.3) is 11.0 Å². The summed E-state index contributed by atoms with van der Waals surface area (Å²) in [5, 5.41) is 22.0. The van der Waals surface area contributed by atoms with Crippen molar-refractivity contribution in [1.82, 2.24) is 9.55 Å². The maximum absolute atomic E-state index is 11.2. The number of carboxylic acids is 1. The van der Waals surface area contributed by atoms with Crippen LogP contribution in [-0.4, -0.2) is 45.5 Å². The Morgan fingerprint density at radius 3 is 2.49 bits per heavy atom. The van der Waals surface area contributed by atoms with E-state index in [1.165, 1.54) is 0 Å². The van der Waals surface area contributed by atoms with Crippen LogP contribution in [0.2, 0.25) is 5.02 Å². The first-order valence-electron chi connectivity index (χ1n) is 14.3. The van der Waals surface area contributed by atoms with Crippen LogP contribution in [0.15, 0.2) is 84.9 Å². The Bertz CT molecular complexity index is 1730. The average Bonchev–Trinajstić information content (AvgIpc) is 3.33. The molecule has 1 heterocycles. The molecule has 0 radical (unpaired) electrons. The molecule has 0 aliphatic heterocycles. The van der Waals surface area contributed by atoms with Crippen molar-refractivity contribution >= 4 is 46.7 Å². The van der Waals surface area contributed by atoms with Gasteiger partial charge in [0.25, 0.3) is 0 Å². The van der Waals surface area contributed by atoms with Crippen LogP contribution in [0, 0.1) is 0 Å². The van der Waals surface area contributed by atoms with Crippen molar-refractivity contribution in [2.75, 3.05) is 25.1 Å². The minimum Gasteiger partial charge on any atom is -0.493 e. The highest BCUT2D eigenvalue weighted by atomic mass is 35.5. The van der Waals surface area contributed by atoms with Gasteiger partial charge in [-0.1, -0.05) is 35.9 Å². The van der Waals surface area contributed by atoms with Crippen molar-refractivity contribution in [2.45, 2.75) is 25.9 Å². The normalized spacial score (nSPS) is 10.7. The fourth-order valence-electron chi connectivity index (χ4n) is 4.72. The molecule has 45 heavy (non-hydrogen) atoms. The van der Waals surface area contributed by atoms with E-state index in [1.54, 1.807) is 18.2 Å². The number of aliphatic carboxylic acids is 1. The van der Waals surface area contributed by atoms with Crippen LogP contribution < -0.4 is 19.5 Å². The topological polar surface area (TPSA) is 115 Å². The van der Waals surface area contributed by atoms with E-state index in [0.29, 0.717) is 60.6 Å². The van der Waals surface area contributed by atoms with Crippen molar-refractivity contribution in [2.24, 2.45) is 7.05 Å². The van der Waals surface area contributed by atoms with Gasteiger partial charge in [-0.25, -0.2) is 4.98 Å². The van der Waals surface area contributed by atoms with E-state index in [4.69, 9.17) is 41.0 Å². The fraction of sp³-hybridized carbons (Fsp3) is 0.235. The van der Waals surface area contributed by atoms with E-state index < -0.39 is 5.97 Å². The molecule has 0 aliphatic rings. The zero-order chi connectivity index (χ0) is 30.9. The lowest BCUT2D eigenvalue weighted by Crippen LogP contribution is -2.07. The van der Waals surface area contributed by atoms with Gasteiger partial charge >= 0.3 is 5.97 Å². The number of nitrogens with zero attached hydrogens (tertiary/aromatic N) is 2. The van der Waals surface area contributed by atoms with Crippen molar-refractivity contribution in [1.29, 1.82) is 0 Å². The van der Waals surface area contributed by atoms with Crippen LogP contribution >= 0.6 is 24.0 Å². The number of aliphatic hydroxyl groups is 1. The molecule has 1 aromatic heterocycles. The predicted octanol–water partition coefficient (Wildman–Crippen LogP) is 7.06. The highest BCUT2D eigenvalue weighted by Gasteiger charge is 2.12. The third-order valence-corrected chi connectivity index (χ3v) is 7.26. The smallest absolute Gasteiger partial charge is 0.303 e. The number of anilines is 1. The number of rotatable bonds is 15. The summed E-state index contributed by atoms with van der Waals surface area (Å²) < 4.78 is 20.3. The molecule has 3 N–H and O–H groups in total. The number of nitrogens with one attached hydrogen (secondary N) is 1. The molecular formula is C34H35Cl2N3O6. The molecule has 0 fully saturated rings. The monoisotopic (exact) mass is 651 g/mol. The molecular weight excluding hydrogens is 617 g/mol. The molecule has 11 heteroatoms. The zero-order valence-corrected chi connectivity index (χ0v) is 26.3. The van der Waals surface area contributed by atoms with Gasteiger partial charge in [-0.15, -0.1) is 12.4 Å². The van der Waals surface area contributed by atoms with Crippen LogP contribution in [-0.2, 0) is 31.3 Å². The molecule has 0 unspecified atom stereocenters. The van der Waals surface area contributed by atoms with Gasteiger partial charge in [0.15, 0.2) is 0 Å². The minimum absolute atomic E-state index is 0. The summed E-state index contributed by atoms with van der Waals surface area (Å²) in [6.45, 7) is 1.23. The maximum Gasteiger partial charge on any atom is 0.303 e. The lowest BCUT2D eigenvalue weighted by atomic mass is 10.1. The first kappa shape index (κ1) is 33.5. The number of hydrogen-bond acceptors (Lipinski definition) is 7. The van der Waals surface area contributed by atoms with Crippen molar-refractivity contribution < 1.29 is 29.2 Å². The minimum atomic E-state index is -0.865. The second kappa shape index (κ2) is 16.0. The van der Waals surface area contributed by atoms with Crippen LogP contribution in [0.1, 0.15) is 23.4 Å². The molecule has 5 rings (SSSR count). The Kier molecular flexibility index (Phi) is 11.9. The Hall–Kier alpha value is -4.44. The highest BCUT2D eigenvalue weighted by molar-refractivity contribution is 6.30. The number of fused-ring (bicyclic) bond motifs is 1. The molecule has 0 amide bonds. The van der Waals surface area contributed by atoms with Gasteiger partial charge in [0.05, 0.1) is 24.2 Å². The average molecular weight is 653 g/mol. The Morgan fingerprint density at radius 1 is 0.933 bits per heavy atom. The lowest BCUT2D eigenvalue weighted by Gasteiger charge is -2.14. The number of benzene rings is 4. The number of carbonyl (C=O) groups is 1. The molecule has 0 bridgehead atoms. The predicted molar refractivity (Wildman–Crippen MR) is 177 cm³/mol. The van der Waals surface area contributed by atoms with Crippen molar-refractivity contribution in [3.63, 3.8) is 0 Å². The van der Waals surface area contributed by atoms with Gasteiger partial charge in [0.2, 0.25) is 0 Å². The number of ether oxygens (including phenoxy) is 3. The van der Waals surface area contributed by atoms with Gasteiger partial charge in [-0.05, 0) is 60.0 Å². The van der Waals surface area contributed by atoms with Gasteiger partial charge < -0.3 is 34.3 Å². The Balaban J connectivity index is 0.00000461. The summed E-state index contributed by atoms with van der Waals surface area (Å²) in [7, 11) is 1.97. The van der Waals surface area contributed by atoms with E-state index in [9.17, 15) is 4.79 Å². The molecule has 0 aliphatic carbocycles.